The van der Waals surface area contributed by atoms with Crippen LogP contribution in [0.2, 0.25) is 5.02 Å². The fraction of sp³-hybridized carbons (Fsp3) is 0.448. The number of anilines is 2. The Bertz CT molecular complexity index is 1440. The van der Waals surface area contributed by atoms with Crippen molar-refractivity contribution >= 4 is 33.1 Å². The number of halogens is 3. The average Bonchev–Trinajstić information content (AvgIpc) is 2.83. The van der Waals surface area contributed by atoms with E-state index in [2.05, 4.69) is 20.2 Å². The van der Waals surface area contributed by atoms with Crippen LogP contribution in [0.25, 0.3) is 0 Å². The van der Waals surface area contributed by atoms with Crippen LogP contribution in [-0.4, -0.2) is 48.2 Å². The van der Waals surface area contributed by atoms with E-state index < -0.39 is 26.2 Å². The third-order valence-electron chi connectivity index (χ3n) is 7.30. The van der Waals surface area contributed by atoms with Gasteiger partial charge in [-0.1, -0.05) is 23.7 Å². The maximum atomic E-state index is 15.0. The predicted octanol–water partition coefficient (Wildman–Crippen LogP) is 6.57. The van der Waals surface area contributed by atoms with Gasteiger partial charge in [-0.05, 0) is 101 Å². The van der Waals surface area contributed by atoms with Crippen molar-refractivity contribution < 1.29 is 17.2 Å². The Kier molecular flexibility index (Phi) is 8.64. The van der Waals surface area contributed by atoms with Gasteiger partial charge in [0.2, 0.25) is 5.95 Å². The van der Waals surface area contributed by atoms with Gasteiger partial charge in [0, 0.05) is 28.9 Å². The lowest BCUT2D eigenvalue weighted by Gasteiger charge is -2.29. The molecule has 1 N–H and O–H groups in total. The molecule has 1 aliphatic rings. The number of piperidine rings is 1. The van der Waals surface area contributed by atoms with E-state index in [0.29, 0.717) is 22.7 Å². The fourth-order valence-corrected chi connectivity index (χ4v) is 6.00. The predicted molar refractivity (Wildman–Crippen MR) is 153 cm³/mol. The van der Waals surface area contributed by atoms with Crippen LogP contribution in [0.5, 0.6) is 0 Å². The van der Waals surface area contributed by atoms with E-state index in [1.165, 1.54) is 12.1 Å². The number of aryl methyl sites for hydroxylation is 1. The Morgan fingerprint density at radius 1 is 1.10 bits per heavy atom. The molecule has 6 nitrogen and oxygen atoms in total. The summed E-state index contributed by atoms with van der Waals surface area (Å²) in [5, 5.41) is 3.32. The van der Waals surface area contributed by atoms with Crippen LogP contribution in [0.15, 0.2) is 36.5 Å². The molecule has 1 aromatic heterocycles. The SMILES string of the molecule is Cc1cnc(Nc2cc(F)c(C3CCN(C)CC3)c(F)c2)nc1Cc1ccc(Cl)c(CS(=O)(=O)C(C)(C)C)c1. The number of nitrogens with one attached hydrogen (secondary N) is 1. The number of hydrogen-bond acceptors (Lipinski definition) is 6. The van der Waals surface area contributed by atoms with Crippen LogP contribution in [0.3, 0.4) is 0 Å². The standard InChI is InChI=1S/C29H35ClF2N4O2S/c1-18-16-33-28(34-22-14-24(31)27(25(32)15-22)20-8-10-36(5)11-9-20)35-26(18)13-19-6-7-23(30)21(12-19)17-39(37,38)29(2,3)4/h6-7,12,14-16,20H,8-11,13,17H2,1-5H3,(H,33,34,35). The van der Waals surface area contributed by atoms with Crippen LogP contribution in [0, 0.1) is 18.6 Å². The number of hydrogen-bond donors (Lipinski definition) is 1. The summed E-state index contributed by atoms with van der Waals surface area (Å²) in [5.41, 5.74) is 3.28. The molecule has 2 heterocycles. The summed E-state index contributed by atoms with van der Waals surface area (Å²) >= 11 is 6.33. The zero-order valence-electron chi connectivity index (χ0n) is 23.0. The number of nitrogens with zero attached hydrogens (tertiary/aromatic N) is 3. The van der Waals surface area contributed by atoms with Gasteiger partial charge in [0.15, 0.2) is 9.84 Å². The first-order valence-electron chi connectivity index (χ1n) is 13.0. The molecule has 0 saturated carbocycles. The molecule has 0 amide bonds. The molecule has 0 atom stereocenters. The zero-order valence-corrected chi connectivity index (χ0v) is 24.6. The molecule has 0 bridgehead atoms. The van der Waals surface area contributed by atoms with Crippen molar-refractivity contribution in [3.8, 4) is 0 Å². The van der Waals surface area contributed by atoms with Gasteiger partial charge in [-0.25, -0.2) is 27.2 Å². The largest absolute Gasteiger partial charge is 0.324 e. The van der Waals surface area contributed by atoms with E-state index in [1.54, 1.807) is 39.1 Å². The van der Waals surface area contributed by atoms with Crippen molar-refractivity contribution in [1.82, 2.24) is 14.9 Å². The van der Waals surface area contributed by atoms with Gasteiger partial charge in [-0.3, -0.25) is 0 Å². The molecule has 10 heteroatoms. The second-order valence-electron chi connectivity index (χ2n) is 11.4. The van der Waals surface area contributed by atoms with Gasteiger partial charge in [0.05, 0.1) is 16.2 Å². The summed E-state index contributed by atoms with van der Waals surface area (Å²) in [7, 11) is -1.41. The van der Waals surface area contributed by atoms with E-state index in [9.17, 15) is 17.2 Å². The quantitative estimate of drug-likeness (QED) is 0.343. The van der Waals surface area contributed by atoms with E-state index in [4.69, 9.17) is 11.6 Å². The molecule has 4 rings (SSSR count). The number of aromatic nitrogens is 2. The molecule has 1 fully saturated rings. The molecular weight excluding hydrogens is 542 g/mol. The second kappa shape index (κ2) is 11.5. The molecule has 210 valence electrons. The Hall–Kier alpha value is -2.62. The molecule has 3 aromatic rings. The van der Waals surface area contributed by atoms with Gasteiger partial charge in [0.25, 0.3) is 0 Å². The van der Waals surface area contributed by atoms with Crippen LogP contribution >= 0.6 is 11.6 Å². The molecule has 1 aliphatic heterocycles. The molecule has 39 heavy (non-hydrogen) atoms. The minimum Gasteiger partial charge on any atom is -0.324 e. The molecule has 2 aromatic carbocycles. The third kappa shape index (κ3) is 6.94. The first-order valence-corrected chi connectivity index (χ1v) is 15.0. The third-order valence-corrected chi connectivity index (χ3v) is 10.2. The molecule has 0 radical (unpaired) electrons. The fourth-order valence-electron chi connectivity index (χ4n) is 4.65. The number of rotatable bonds is 7. The van der Waals surface area contributed by atoms with Crippen molar-refractivity contribution in [2.24, 2.45) is 0 Å². The van der Waals surface area contributed by atoms with Crippen molar-refractivity contribution in [2.75, 3.05) is 25.5 Å². The summed E-state index contributed by atoms with van der Waals surface area (Å²) in [5.74, 6) is -1.23. The monoisotopic (exact) mass is 576 g/mol. The summed E-state index contributed by atoms with van der Waals surface area (Å²) in [4.78, 5) is 11.0. The van der Waals surface area contributed by atoms with E-state index in [1.807, 2.05) is 20.0 Å². The molecule has 0 unspecified atom stereocenters. The smallest absolute Gasteiger partial charge is 0.227 e. The Labute approximate surface area is 234 Å². The molecular formula is C29H35ClF2N4O2S. The first-order chi connectivity index (χ1) is 18.2. The Balaban J connectivity index is 1.54. The summed E-state index contributed by atoms with van der Waals surface area (Å²) < 4.78 is 54.6. The maximum Gasteiger partial charge on any atom is 0.227 e. The van der Waals surface area contributed by atoms with E-state index >= 15 is 0 Å². The second-order valence-corrected chi connectivity index (χ2v) is 14.5. The number of benzene rings is 2. The summed E-state index contributed by atoms with van der Waals surface area (Å²) in [6, 6.07) is 7.89. The van der Waals surface area contributed by atoms with Gasteiger partial charge < -0.3 is 10.2 Å². The van der Waals surface area contributed by atoms with E-state index in [0.717, 1.165) is 37.1 Å². The Morgan fingerprint density at radius 2 is 1.74 bits per heavy atom. The highest BCUT2D eigenvalue weighted by Crippen LogP contribution is 2.33. The highest BCUT2D eigenvalue weighted by Gasteiger charge is 2.30. The van der Waals surface area contributed by atoms with Crippen LogP contribution in [0.4, 0.5) is 20.4 Å². The number of likely N-dealkylation sites (tertiary alicyclic amines) is 1. The topological polar surface area (TPSA) is 75.2 Å². The highest BCUT2D eigenvalue weighted by molar-refractivity contribution is 7.91. The lowest BCUT2D eigenvalue weighted by Crippen LogP contribution is -2.30. The maximum absolute atomic E-state index is 15.0. The number of sulfone groups is 1. The minimum absolute atomic E-state index is 0.139. The van der Waals surface area contributed by atoms with Crippen molar-refractivity contribution in [3.63, 3.8) is 0 Å². The van der Waals surface area contributed by atoms with Gasteiger partial charge in [-0.2, -0.15) is 0 Å². The van der Waals surface area contributed by atoms with Crippen LogP contribution < -0.4 is 5.32 Å². The van der Waals surface area contributed by atoms with Gasteiger partial charge in [-0.15, -0.1) is 0 Å². The Morgan fingerprint density at radius 3 is 2.36 bits per heavy atom. The minimum atomic E-state index is -3.42. The van der Waals surface area contributed by atoms with Crippen molar-refractivity contribution in [3.05, 3.63) is 81.1 Å². The lowest BCUT2D eigenvalue weighted by molar-refractivity contribution is 0.250. The lowest BCUT2D eigenvalue weighted by atomic mass is 9.88. The van der Waals surface area contributed by atoms with Crippen LogP contribution in [-0.2, 0) is 22.0 Å². The van der Waals surface area contributed by atoms with Crippen molar-refractivity contribution in [1.29, 1.82) is 0 Å². The molecule has 1 saturated heterocycles. The first kappa shape index (κ1) is 29.4. The van der Waals surface area contributed by atoms with Crippen LogP contribution in [0.1, 0.15) is 67.5 Å². The highest BCUT2D eigenvalue weighted by atomic mass is 35.5. The normalized spacial score (nSPS) is 15.5. The van der Waals surface area contributed by atoms with Gasteiger partial charge in [0.1, 0.15) is 11.6 Å². The van der Waals surface area contributed by atoms with E-state index in [-0.39, 0.29) is 28.9 Å². The molecule has 0 spiro atoms. The summed E-state index contributed by atoms with van der Waals surface area (Å²) in [6.07, 6.45) is 3.48. The molecule has 0 aliphatic carbocycles. The van der Waals surface area contributed by atoms with Crippen molar-refractivity contribution in [2.45, 2.75) is 63.4 Å². The average molecular weight is 577 g/mol. The van der Waals surface area contributed by atoms with Gasteiger partial charge >= 0.3 is 0 Å². The summed E-state index contributed by atoms with van der Waals surface area (Å²) in [6.45, 7) is 8.49. The zero-order chi connectivity index (χ0) is 28.5.